The molecular weight excluding hydrogens is 252 g/mol. The monoisotopic (exact) mass is 264 g/mol. The molecule has 1 aromatic carbocycles. The second-order valence-corrected chi connectivity index (χ2v) is 3.89. The summed E-state index contributed by atoms with van der Waals surface area (Å²) in [5, 5.41) is 0. The van der Waals surface area contributed by atoms with Gasteiger partial charge in [0.25, 0.3) is 0 Å². The van der Waals surface area contributed by atoms with Crippen molar-refractivity contribution in [3.8, 4) is 5.75 Å². The van der Waals surface area contributed by atoms with E-state index in [1.165, 1.54) is 6.92 Å². The van der Waals surface area contributed by atoms with E-state index in [2.05, 4.69) is 8.83 Å². The van der Waals surface area contributed by atoms with E-state index >= 15 is 0 Å². The molecule has 0 atom stereocenters. The molecule has 0 radical (unpaired) electrons. The van der Waals surface area contributed by atoms with Crippen molar-refractivity contribution < 1.29 is 23.1 Å². The Morgan fingerprint density at radius 2 is 1.84 bits per heavy atom. The number of aryl methyl sites for hydroxylation is 2. The lowest BCUT2D eigenvalue weighted by atomic mass is 10.2. The average Bonchev–Trinajstić information content (AvgIpc) is 2.68. The van der Waals surface area contributed by atoms with Crippen molar-refractivity contribution in [1.82, 2.24) is 0 Å². The van der Waals surface area contributed by atoms with Gasteiger partial charge in [-0.25, -0.2) is 9.59 Å². The fraction of sp³-hybridized carbons (Fsp3) is 0.231. The summed E-state index contributed by atoms with van der Waals surface area (Å²) in [6, 6.07) is 6.92. The molecule has 0 N–H and O–H groups in total. The quantitative estimate of drug-likeness (QED) is 0.626. The van der Waals surface area contributed by atoms with Gasteiger partial charge in [-0.15, -0.1) is 0 Å². The average molecular weight is 264 g/mol. The summed E-state index contributed by atoms with van der Waals surface area (Å²) in [5.41, 5.74) is 1.05. The van der Waals surface area contributed by atoms with Crippen molar-refractivity contribution in [2.24, 2.45) is 0 Å². The summed E-state index contributed by atoms with van der Waals surface area (Å²) in [5.74, 6) is -0.0250. The zero-order chi connectivity index (χ0) is 13.8. The molecule has 19 heavy (non-hydrogen) atoms. The number of hydrogen-bond donors (Lipinski definition) is 0. The van der Waals surface area contributed by atoms with Gasteiger partial charge < -0.3 is 18.3 Å². The number of carbonyl (C=O) groups excluding carboxylic acids is 1. The first kappa shape index (κ1) is 12.9. The minimum atomic E-state index is -0.882. The van der Waals surface area contributed by atoms with E-state index in [1.807, 2.05) is 19.1 Å². The molecule has 0 saturated carbocycles. The minimum Gasteiger partial charge on any atom is -0.426 e. The van der Waals surface area contributed by atoms with Gasteiger partial charge >= 0.3 is 12.0 Å². The zero-order valence-electron chi connectivity index (χ0n) is 10.5. The van der Waals surface area contributed by atoms with E-state index in [9.17, 15) is 9.59 Å². The van der Waals surface area contributed by atoms with Crippen LogP contribution in [-0.4, -0.2) is 6.16 Å². The summed E-state index contributed by atoms with van der Waals surface area (Å²) in [6.45, 7) is 3.24. The Hall–Kier alpha value is -2.50. The molecule has 2 rings (SSSR count). The summed E-state index contributed by atoms with van der Waals surface area (Å²) in [7, 11) is 0. The van der Waals surface area contributed by atoms with Crippen molar-refractivity contribution in [2.45, 2.75) is 20.5 Å². The molecule has 0 saturated heterocycles. The number of carbonyl (C=O) groups is 1. The largest absolute Gasteiger partial charge is 0.519 e. The smallest absolute Gasteiger partial charge is 0.426 e. The normalized spacial score (nSPS) is 10.2. The topological polar surface area (TPSA) is 78.9 Å². The van der Waals surface area contributed by atoms with Gasteiger partial charge in [0.05, 0.1) is 0 Å². The second kappa shape index (κ2) is 5.43. The minimum absolute atomic E-state index is 0.158. The lowest BCUT2D eigenvalue weighted by Crippen LogP contribution is -2.10. The number of benzene rings is 1. The number of rotatable bonds is 3. The maximum absolute atomic E-state index is 11.4. The van der Waals surface area contributed by atoms with E-state index in [4.69, 9.17) is 9.47 Å². The van der Waals surface area contributed by atoms with Gasteiger partial charge in [0.15, 0.2) is 18.1 Å². The van der Waals surface area contributed by atoms with E-state index in [0.717, 1.165) is 5.56 Å². The van der Waals surface area contributed by atoms with Gasteiger partial charge in [-0.1, -0.05) is 17.7 Å². The molecule has 0 fully saturated rings. The van der Waals surface area contributed by atoms with Crippen LogP contribution in [-0.2, 0) is 11.3 Å². The highest BCUT2D eigenvalue weighted by Crippen LogP contribution is 2.13. The van der Waals surface area contributed by atoms with Crippen molar-refractivity contribution in [1.29, 1.82) is 0 Å². The lowest BCUT2D eigenvalue weighted by molar-refractivity contribution is 0.0857. The molecule has 100 valence electrons. The standard InChI is InChI=1S/C13H12O6/c1-8-3-5-10(6-4-8)18-12(14)16-7-11-9(2)17-13(15)19-11/h3-6H,7H2,1-2H3. The van der Waals surface area contributed by atoms with Crippen molar-refractivity contribution in [3.05, 3.63) is 52.0 Å². The molecule has 0 aliphatic heterocycles. The van der Waals surface area contributed by atoms with Crippen molar-refractivity contribution in [3.63, 3.8) is 0 Å². The Kier molecular flexibility index (Phi) is 3.70. The zero-order valence-corrected chi connectivity index (χ0v) is 10.5. The van der Waals surface area contributed by atoms with E-state index in [0.29, 0.717) is 5.75 Å². The van der Waals surface area contributed by atoms with E-state index in [-0.39, 0.29) is 18.1 Å². The fourth-order valence-electron chi connectivity index (χ4n) is 1.36. The molecule has 6 nitrogen and oxygen atoms in total. The van der Waals surface area contributed by atoms with Gasteiger partial charge in [0, 0.05) is 0 Å². The fourth-order valence-corrected chi connectivity index (χ4v) is 1.36. The number of ether oxygens (including phenoxy) is 2. The highest BCUT2D eigenvalue weighted by Gasteiger charge is 2.12. The summed E-state index contributed by atoms with van der Waals surface area (Å²) in [4.78, 5) is 22.2. The van der Waals surface area contributed by atoms with Crippen molar-refractivity contribution >= 4 is 6.16 Å². The van der Waals surface area contributed by atoms with Crippen LogP contribution in [0.25, 0.3) is 0 Å². The van der Waals surface area contributed by atoms with Crippen LogP contribution in [0, 0.1) is 13.8 Å². The molecule has 1 heterocycles. The summed E-state index contributed by atoms with van der Waals surface area (Å²) >= 11 is 0. The Labute approximate surface area is 108 Å². The third-order valence-electron chi connectivity index (χ3n) is 2.38. The number of hydrogen-bond acceptors (Lipinski definition) is 6. The predicted molar refractivity (Wildman–Crippen MR) is 64.0 cm³/mol. The first-order valence-electron chi connectivity index (χ1n) is 5.55. The van der Waals surface area contributed by atoms with Crippen molar-refractivity contribution in [2.75, 3.05) is 0 Å². The van der Waals surface area contributed by atoms with Gasteiger partial charge in [0.2, 0.25) is 0 Å². The summed E-state index contributed by atoms with van der Waals surface area (Å²) in [6.07, 6.45) is -0.882. The SMILES string of the molecule is Cc1ccc(OC(=O)OCc2oc(=O)oc2C)cc1. The molecule has 0 aliphatic carbocycles. The Balaban J connectivity index is 1.90. The molecule has 0 unspecified atom stereocenters. The van der Waals surface area contributed by atoms with Crippen LogP contribution in [0.5, 0.6) is 5.75 Å². The maximum Gasteiger partial charge on any atom is 0.519 e. The van der Waals surface area contributed by atoms with Crippen LogP contribution >= 0.6 is 0 Å². The third kappa shape index (κ3) is 3.48. The van der Waals surface area contributed by atoms with Crippen LogP contribution in [0.15, 0.2) is 37.9 Å². The van der Waals surface area contributed by atoms with Gasteiger partial charge in [-0.2, -0.15) is 0 Å². The first-order chi connectivity index (χ1) is 9.04. The van der Waals surface area contributed by atoms with Crippen LogP contribution in [0.2, 0.25) is 0 Å². The Morgan fingerprint density at radius 1 is 1.16 bits per heavy atom. The molecule has 2 aromatic rings. The summed E-state index contributed by atoms with van der Waals surface area (Å²) < 4.78 is 19.0. The van der Waals surface area contributed by atoms with E-state index in [1.54, 1.807) is 12.1 Å². The molecule has 0 aliphatic rings. The Bertz CT molecular complexity index is 619. The van der Waals surface area contributed by atoms with Crippen LogP contribution in [0.4, 0.5) is 4.79 Å². The molecule has 0 amide bonds. The van der Waals surface area contributed by atoms with Crippen LogP contribution in [0.3, 0.4) is 0 Å². The maximum atomic E-state index is 11.4. The Morgan fingerprint density at radius 3 is 2.42 bits per heavy atom. The molecule has 0 bridgehead atoms. The van der Waals surface area contributed by atoms with Crippen LogP contribution < -0.4 is 10.6 Å². The molecular formula is C13H12O6. The van der Waals surface area contributed by atoms with E-state index < -0.39 is 12.0 Å². The van der Waals surface area contributed by atoms with Gasteiger partial charge in [0.1, 0.15) is 5.75 Å². The lowest BCUT2D eigenvalue weighted by Gasteiger charge is -2.04. The van der Waals surface area contributed by atoms with Crippen LogP contribution in [0.1, 0.15) is 17.1 Å². The highest BCUT2D eigenvalue weighted by atomic mass is 16.7. The third-order valence-corrected chi connectivity index (χ3v) is 2.38. The second-order valence-electron chi connectivity index (χ2n) is 3.89. The first-order valence-corrected chi connectivity index (χ1v) is 5.55. The predicted octanol–water partition coefficient (Wildman–Crippen LogP) is 2.57. The van der Waals surface area contributed by atoms with Gasteiger partial charge in [-0.3, -0.25) is 0 Å². The molecule has 1 aromatic heterocycles. The van der Waals surface area contributed by atoms with Gasteiger partial charge in [-0.05, 0) is 26.0 Å². The highest BCUT2D eigenvalue weighted by molar-refractivity contribution is 5.63. The molecule has 6 heteroatoms. The molecule has 0 spiro atoms.